The quantitative estimate of drug-likeness (QED) is 0.915. The molecule has 1 fully saturated rings. The molecule has 0 spiro atoms. The summed E-state index contributed by atoms with van der Waals surface area (Å²) >= 11 is 11.2. The SMILES string of the molecule is CSC1(CNc2ncc(Cl)cc2Br)CC1. The Morgan fingerprint density at radius 1 is 1.67 bits per heavy atom. The van der Waals surface area contributed by atoms with Crippen molar-refractivity contribution in [2.45, 2.75) is 17.6 Å². The fourth-order valence-corrected chi connectivity index (χ4v) is 2.89. The van der Waals surface area contributed by atoms with Gasteiger partial charge in [-0.2, -0.15) is 11.8 Å². The monoisotopic (exact) mass is 306 g/mol. The first kappa shape index (κ1) is 11.6. The predicted molar refractivity (Wildman–Crippen MR) is 70.9 cm³/mol. The minimum atomic E-state index is 0.445. The summed E-state index contributed by atoms with van der Waals surface area (Å²) in [7, 11) is 0. The molecule has 1 heterocycles. The highest BCUT2D eigenvalue weighted by Crippen LogP contribution is 2.47. The van der Waals surface area contributed by atoms with E-state index in [0.29, 0.717) is 9.77 Å². The molecule has 0 amide bonds. The first-order chi connectivity index (χ1) is 7.15. The molecule has 1 aromatic rings. The zero-order valence-electron chi connectivity index (χ0n) is 8.39. The summed E-state index contributed by atoms with van der Waals surface area (Å²) in [5.74, 6) is 0.875. The number of halogens is 2. The average molecular weight is 308 g/mol. The molecule has 2 rings (SSSR count). The van der Waals surface area contributed by atoms with Gasteiger partial charge in [0.15, 0.2) is 0 Å². The summed E-state index contributed by atoms with van der Waals surface area (Å²) in [6.07, 6.45) is 6.42. The van der Waals surface area contributed by atoms with E-state index in [-0.39, 0.29) is 0 Å². The van der Waals surface area contributed by atoms with Crippen LogP contribution in [-0.2, 0) is 0 Å². The van der Waals surface area contributed by atoms with Gasteiger partial charge in [0.2, 0.25) is 0 Å². The minimum absolute atomic E-state index is 0.445. The molecule has 0 saturated heterocycles. The van der Waals surface area contributed by atoms with Crippen LogP contribution in [0.4, 0.5) is 5.82 Å². The average Bonchev–Trinajstić information content (AvgIpc) is 2.97. The molecule has 0 atom stereocenters. The Morgan fingerprint density at radius 2 is 2.40 bits per heavy atom. The van der Waals surface area contributed by atoms with E-state index in [9.17, 15) is 0 Å². The molecule has 82 valence electrons. The van der Waals surface area contributed by atoms with Gasteiger partial charge in [0.05, 0.1) is 9.50 Å². The third kappa shape index (κ3) is 2.80. The van der Waals surface area contributed by atoms with Crippen LogP contribution in [0.15, 0.2) is 16.7 Å². The van der Waals surface area contributed by atoms with Gasteiger partial charge in [-0.25, -0.2) is 4.98 Å². The van der Waals surface area contributed by atoms with E-state index in [0.717, 1.165) is 16.8 Å². The molecular formula is C10H12BrClN2S. The van der Waals surface area contributed by atoms with Gasteiger partial charge in [0, 0.05) is 17.5 Å². The van der Waals surface area contributed by atoms with Crippen molar-refractivity contribution in [1.82, 2.24) is 4.98 Å². The molecule has 0 unspecified atom stereocenters. The Kier molecular flexibility index (Phi) is 3.48. The lowest BCUT2D eigenvalue weighted by atomic mass is 10.4. The van der Waals surface area contributed by atoms with Gasteiger partial charge in [0.1, 0.15) is 5.82 Å². The standard InChI is InChI=1S/C10H12BrClN2S/c1-15-10(2-3-10)6-14-9-8(11)4-7(12)5-13-9/h4-5H,2-3,6H2,1H3,(H,13,14). The van der Waals surface area contributed by atoms with Crippen LogP contribution in [-0.4, -0.2) is 22.5 Å². The third-order valence-electron chi connectivity index (χ3n) is 2.63. The molecule has 1 aromatic heterocycles. The number of thioether (sulfide) groups is 1. The van der Waals surface area contributed by atoms with Gasteiger partial charge in [-0.1, -0.05) is 11.6 Å². The van der Waals surface area contributed by atoms with Crippen LogP contribution in [0.5, 0.6) is 0 Å². The maximum Gasteiger partial charge on any atom is 0.140 e. The van der Waals surface area contributed by atoms with E-state index in [2.05, 4.69) is 32.5 Å². The second-order valence-corrected chi connectivity index (χ2v) is 6.29. The van der Waals surface area contributed by atoms with Gasteiger partial charge in [-0.05, 0) is 41.1 Å². The smallest absolute Gasteiger partial charge is 0.140 e. The summed E-state index contributed by atoms with van der Waals surface area (Å²) in [6.45, 7) is 0.974. The number of pyridine rings is 1. The number of nitrogens with zero attached hydrogens (tertiary/aromatic N) is 1. The van der Waals surface area contributed by atoms with Crippen LogP contribution in [0.3, 0.4) is 0 Å². The van der Waals surface area contributed by atoms with Crippen molar-refractivity contribution in [2.24, 2.45) is 0 Å². The zero-order chi connectivity index (χ0) is 10.9. The lowest BCUT2D eigenvalue weighted by Crippen LogP contribution is -2.18. The van der Waals surface area contributed by atoms with Crippen molar-refractivity contribution in [1.29, 1.82) is 0 Å². The number of hydrogen-bond donors (Lipinski definition) is 1. The molecule has 2 nitrogen and oxygen atoms in total. The Balaban J connectivity index is 1.99. The van der Waals surface area contributed by atoms with Crippen molar-refractivity contribution in [2.75, 3.05) is 18.1 Å². The van der Waals surface area contributed by atoms with Gasteiger partial charge in [0.25, 0.3) is 0 Å². The van der Waals surface area contributed by atoms with Crippen LogP contribution < -0.4 is 5.32 Å². The Labute approximate surface area is 107 Å². The molecule has 1 aliphatic rings. The highest BCUT2D eigenvalue weighted by Gasteiger charge is 2.41. The molecular weight excluding hydrogens is 296 g/mol. The Bertz CT molecular complexity index is 368. The van der Waals surface area contributed by atoms with E-state index in [1.54, 1.807) is 6.20 Å². The Morgan fingerprint density at radius 3 is 2.93 bits per heavy atom. The first-order valence-electron chi connectivity index (χ1n) is 4.75. The normalized spacial score (nSPS) is 17.5. The van der Waals surface area contributed by atoms with E-state index in [1.807, 2.05) is 17.8 Å². The Hall–Kier alpha value is 0.0700. The van der Waals surface area contributed by atoms with Crippen molar-refractivity contribution in [3.05, 3.63) is 21.8 Å². The lowest BCUT2D eigenvalue weighted by Gasteiger charge is -2.14. The molecule has 15 heavy (non-hydrogen) atoms. The molecule has 0 aliphatic heterocycles. The summed E-state index contributed by atoms with van der Waals surface area (Å²) in [6, 6.07) is 1.86. The number of rotatable bonds is 4. The second kappa shape index (κ2) is 4.52. The van der Waals surface area contributed by atoms with E-state index in [4.69, 9.17) is 11.6 Å². The summed E-state index contributed by atoms with van der Waals surface area (Å²) < 4.78 is 1.37. The van der Waals surface area contributed by atoms with Crippen LogP contribution in [0.25, 0.3) is 0 Å². The maximum atomic E-state index is 5.82. The van der Waals surface area contributed by atoms with E-state index >= 15 is 0 Å². The van der Waals surface area contributed by atoms with E-state index < -0.39 is 0 Å². The first-order valence-corrected chi connectivity index (χ1v) is 7.15. The summed E-state index contributed by atoms with van der Waals surface area (Å²) in [4.78, 5) is 4.24. The van der Waals surface area contributed by atoms with Crippen molar-refractivity contribution in [3.63, 3.8) is 0 Å². The fourth-order valence-electron chi connectivity index (χ4n) is 1.38. The topological polar surface area (TPSA) is 24.9 Å². The summed E-state index contributed by atoms with van der Waals surface area (Å²) in [5.41, 5.74) is 0. The number of hydrogen-bond acceptors (Lipinski definition) is 3. The molecule has 0 radical (unpaired) electrons. The van der Waals surface area contributed by atoms with Crippen molar-refractivity contribution in [3.8, 4) is 0 Å². The van der Waals surface area contributed by atoms with Crippen LogP contribution in [0.1, 0.15) is 12.8 Å². The highest BCUT2D eigenvalue weighted by atomic mass is 79.9. The highest BCUT2D eigenvalue weighted by molar-refractivity contribution is 9.10. The number of nitrogens with one attached hydrogen (secondary N) is 1. The van der Waals surface area contributed by atoms with Crippen molar-refractivity contribution < 1.29 is 0 Å². The van der Waals surface area contributed by atoms with E-state index in [1.165, 1.54) is 12.8 Å². The summed E-state index contributed by atoms with van der Waals surface area (Å²) in [5, 5.41) is 4.01. The third-order valence-corrected chi connectivity index (χ3v) is 4.86. The van der Waals surface area contributed by atoms with Crippen molar-refractivity contribution >= 4 is 45.1 Å². The minimum Gasteiger partial charge on any atom is -0.368 e. The van der Waals surface area contributed by atoms with Gasteiger partial charge >= 0.3 is 0 Å². The van der Waals surface area contributed by atoms with Gasteiger partial charge in [-0.3, -0.25) is 0 Å². The molecule has 0 bridgehead atoms. The van der Waals surface area contributed by atoms with Crippen LogP contribution >= 0.6 is 39.3 Å². The lowest BCUT2D eigenvalue weighted by molar-refractivity contribution is 0.939. The predicted octanol–water partition coefficient (Wildman–Crippen LogP) is 3.81. The van der Waals surface area contributed by atoms with Crippen LogP contribution in [0, 0.1) is 0 Å². The number of aromatic nitrogens is 1. The molecule has 1 N–H and O–H groups in total. The van der Waals surface area contributed by atoms with Crippen LogP contribution in [0.2, 0.25) is 5.02 Å². The molecule has 0 aromatic carbocycles. The maximum absolute atomic E-state index is 5.82. The largest absolute Gasteiger partial charge is 0.368 e. The number of anilines is 1. The second-order valence-electron chi connectivity index (χ2n) is 3.72. The van der Waals surface area contributed by atoms with Gasteiger partial charge in [-0.15, -0.1) is 0 Å². The molecule has 1 aliphatic carbocycles. The van der Waals surface area contributed by atoms with Gasteiger partial charge < -0.3 is 5.32 Å². The molecule has 5 heteroatoms. The fraction of sp³-hybridized carbons (Fsp3) is 0.500. The molecule has 1 saturated carbocycles. The zero-order valence-corrected chi connectivity index (χ0v) is 11.5.